The normalized spacial score (nSPS) is 13.4. The molecule has 2 unspecified atom stereocenters. The fraction of sp³-hybridized carbons (Fsp3) is 0.855. The predicted octanol–water partition coefficient (Wildman–Crippen LogP) is 21.7. The van der Waals surface area contributed by atoms with Crippen molar-refractivity contribution in [2.24, 2.45) is 0 Å². The molecular weight excluding hydrogens is 1000 g/mol. The molecule has 9 nitrogen and oxygen atoms in total. The van der Waals surface area contributed by atoms with Gasteiger partial charge in [0, 0.05) is 12.8 Å². The summed E-state index contributed by atoms with van der Waals surface area (Å²) >= 11 is 0. The molecule has 0 aliphatic carbocycles. The number of phosphoric ester groups is 1. The number of nitrogens with zero attached hydrogens (tertiary/aromatic N) is 1. The number of hydrogen-bond donors (Lipinski definition) is 1. The minimum absolute atomic E-state index is 0.0303. The Morgan fingerprint density at radius 3 is 1.08 bits per heavy atom. The molecular formula is C69H131NO8P+. The van der Waals surface area contributed by atoms with Gasteiger partial charge in [-0.3, -0.25) is 18.6 Å². The van der Waals surface area contributed by atoms with Crippen molar-refractivity contribution in [2.75, 3.05) is 47.5 Å². The Morgan fingerprint density at radius 2 is 0.722 bits per heavy atom. The Hall–Kier alpha value is -2.03. The number of carbonyl (C=O) groups excluding carboxylic acids is 2. The van der Waals surface area contributed by atoms with Crippen LogP contribution in [0.2, 0.25) is 0 Å². The van der Waals surface area contributed by atoms with E-state index >= 15 is 0 Å². The lowest BCUT2D eigenvalue weighted by molar-refractivity contribution is -0.870. The maximum atomic E-state index is 12.8. The molecule has 0 amide bonds. The summed E-state index contributed by atoms with van der Waals surface area (Å²) < 4.78 is 34.7. The average molecular weight is 1130 g/mol. The number of ether oxygens (including phenoxy) is 2. The molecule has 0 saturated heterocycles. The van der Waals surface area contributed by atoms with Crippen LogP contribution in [-0.2, 0) is 32.7 Å². The van der Waals surface area contributed by atoms with Crippen molar-refractivity contribution in [1.82, 2.24) is 0 Å². The van der Waals surface area contributed by atoms with E-state index in [4.69, 9.17) is 18.5 Å². The van der Waals surface area contributed by atoms with Crippen molar-refractivity contribution in [1.29, 1.82) is 0 Å². The van der Waals surface area contributed by atoms with Crippen molar-refractivity contribution >= 4 is 19.8 Å². The summed E-state index contributed by atoms with van der Waals surface area (Å²) in [6, 6.07) is 0. The molecule has 10 heteroatoms. The number of hydrogen-bond acceptors (Lipinski definition) is 7. The Labute approximate surface area is 490 Å². The summed E-state index contributed by atoms with van der Waals surface area (Å²) in [6.45, 7) is 4.36. The van der Waals surface area contributed by atoms with E-state index in [2.05, 4.69) is 62.5 Å². The highest BCUT2D eigenvalue weighted by Gasteiger charge is 2.27. The van der Waals surface area contributed by atoms with Gasteiger partial charge in [-0.2, -0.15) is 0 Å². The number of likely N-dealkylation sites (N-methyl/N-ethyl adjacent to an activating group) is 1. The molecule has 0 fully saturated rings. The first-order valence-corrected chi connectivity index (χ1v) is 35.4. The monoisotopic (exact) mass is 1130 g/mol. The van der Waals surface area contributed by atoms with E-state index < -0.39 is 26.5 Å². The summed E-state index contributed by atoms with van der Waals surface area (Å²) in [6.07, 6.45) is 78.0. The number of allylic oxidation sites excluding steroid dienone is 8. The van der Waals surface area contributed by atoms with E-state index in [1.54, 1.807) is 0 Å². The molecule has 0 bridgehead atoms. The van der Waals surface area contributed by atoms with Gasteiger partial charge in [0.1, 0.15) is 19.8 Å². The van der Waals surface area contributed by atoms with Gasteiger partial charge in [-0.1, -0.05) is 313 Å². The van der Waals surface area contributed by atoms with E-state index in [0.717, 1.165) is 70.6 Å². The second-order valence-electron chi connectivity index (χ2n) is 24.2. The van der Waals surface area contributed by atoms with Gasteiger partial charge in [-0.25, -0.2) is 4.57 Å². The van der Waals surface area contributed by atoms with Crippen LogP contribution in [0.1, 0.15) is 328 Å². The highest BCUT2D eigenvalue weighted by atomic mass is 31.2. The maximum Gasteiger partial charge on any atom is 0.472 e. The lowest BCUT2D eigenvalue weighted by atomic mass is 10.0. The lowest BCUT2D eigenvalue weighted by Crippen LogP contribution is -2.37. The molecule has 2 atom stereocenters. The largest absolute Gasteiger partial charge is 0.472 e. The molecule has 0 saturated carbocycles. The molecule has 0 aliphatic heterocycles. The zero-order valence-corrected chi connectivity index (χ0v) is 53.8. The molecule has 0 aliphatic rings. The Kier molecular flexibility index (Phi) is 59.0. The Balaban J connectivity index is 3.97. The van der Waals surface area contributed by atoms with Gasteiger partial charge >= 0.3 is 19.8 Å². The number of quaternary nitrogens is 1. The first kappa shape index (κ1) is 77.0. The number of rotatable bonds is 63. The molecule has 0 radical (unpaired) electrons. The van der Waals surface area contributed by atoms with Crippen molar-refractivity contribution < 1.29 is 42.1 Å². The van der Waals surface area contributed by atoms with Crippen LogP contribution < -0.4 is 0 Å². The van der Waals surface area contributed by atoms with Crippen LogP contribution in [0, 0.1) is 0 Å². The van der Waals surface area contributed by atoms with Crippen LogP contribution in [0.5, 0.6) is 0 Å². The minimum atomic E-state index is -4.39. The number of esters is 2. The standard InChI is InChI=1S/C69H130NO8P/c1-6-8-10-12-14-16-18-20-22-24-26-28-29-30-31-32-33-34-35-36-37-38-39-40-42-43-45-47-49-51-53-55-57-59-61-68(71)75-65-67(66-77-79(73,74)76-64-63-70(3,4)5)78-69(72)62-60-58-56-54-52-50-48-46-44-41-27-25-23-21-19-17-15-13-11-9-7-2/h9,11,15,17,21,23,27,41,67H,6-8,10,12-14,16,18-20,22,24-26,28-40,42-66H2,1-5H3/p+1/b11-9-,17-15-,23-21-,41-27-. The first-order valence-electron chi connectivity index (χ1n) is 33.9. The Morgan fingerprint density at radius 1 is 0.405 bits per heavy atom. The molecule has 0 aromatic rings. The molecule has 0 heterocycles. The summed E-state index contributed by atoms with van der Waals surface area (Å²) in [5.41, 5.74) is 0. The van der Waals surface area contributed by atoms with Crippen LogP contribution in [0.4, 0.5) is 0 Å². The van der Waals surface area contributed by atoms with Crippen LogP contribution in [0.3, 0.4) is 0 Å². The van der Waals surface area contributed by atoms with E-state index in [0.29, 0.717) is 23.9 Å². The summed E-state index contributed by atoms with van der Waals surface area (Å²) in [7, 11) is 1.48. The fourth-order valence-corrected chi connectivity index (χ4v) is 10.7. The van der Waals surface area contributed by atoms with Crippen LogP contribution in [0.15, 0.2) is 48.6 Å². The molecule has 0 rings (SSSR count). The van der Waals surface area contributed by atoms with Gasteiger partial charge in [-0.15, -0.1) is 0 Å². The van der Waals surface area contributed by atoms with Crippen molar-refractivity contribution in [3.8, 4) is 0 Å². The van der Waals surface area contributed by atoms with Gasteiger partial charge in [0.2, 0.25) is 0 Å². The average Bonchev–Trinajstić information content (AvgIpc) is 3.41. The molecule has 0 aromatic carbocycles. The third kappa shape index (κ3) is 65.0. The summed E-state index contributed by atoms with van der Waals surface area (Å²) in [5.74, 6) is -0.793. The molecule has 0 aromatic heterocycles. The van der Waals surface area contributed by atoms with Crippen molar-refractivity contribution in [3.63, 3.8) is 0 Å². The SMILES string of the molecule is CC/C=C\C/C=C\C/C=C\C/C=C\CCCCCCCCCCC(=O)OC(COC(=O)CCCCCCCCCCCCCCCCCCCCCCCCCCCCCCCCCCCC)COP(=O)(O)OCC[N+](C)(C)C. The number of phosphoric acid groups is 1. The van der Waals surface area contributed by atoms with Gasteiger partial charge in [0.15, 0.2) is 6.10 Å². The highest BCUT2D eigenvalue weighted by molar-refractivity contribution is 7.47. The van der Waals surface area contributed by atoms with E-state index in [-0.39, 0.29) is 25.6 Å². The van der Waals surface area contributed by atoms with Crippen molar-refractivity contribution in [2.45, 2.75) is 335 Å². The Bertz CT molecular complexity index is 1470. The van der Waals surface area contributed by atoms with E-state index in [9.17, 15) is 19.0 Å². The van der Waals surface area contributed by atoms with Gasteiger partial charge in [0.25, 0.3) is 0 Å². The third-order valence-corrected chi connectivity index (χ3v) is 16.1. The quantitative estimate of drug-likeness (QED) is 0.0211. The number of unbranched alkanes of at least 4 members (excludes halogenated alkanes) is 41. The third-order valence-electron chi connectivity index (χ3n) is 15.1. The van der Waals surface area contributed by atoms with E-state index in [1.165, 1.54) is 225 Å². The molecule has 79 heavy (non-hydrogen) atoms. The minimum Gasteiger partial charge on any atom is -0.462 e. The van der Waals surface area contributed by atoms with Gasteiger partial charge < -0.3 is 18.9 Å². The van der Waals surface area contributed by atoms with Gasteiger partial charge in [-0.05, 0) is 51.4 Å². The highest BCUT2D eigenvalue weighted by Crippen LogP contribution is 2.43. The van der Waals surface area contributed by atoms with Crippen molar-refractivity contribution in [3.05, 3.63) is 48.6 Å². The summed E-state index contributed by atoms with van der Waals surface area (Å²) in [5, 5.41) is 0. The van der Waals surface area contributed by atoms with Crippen LogP contribution in [0.25, 0.3) is 0 Å². The second kappa shape index (κ2) is 60.6. The molecule has 0 spiro atoms. The summed E-state index contributed by atoms with van der Waals surface area (Å²) in [4.78, 5) is 35.8. The number of carbonyl (C=O) groups is 2. The van der Waals surface area contributed by atoms with Crippen LogP contribution in [-0.4, -0.2) is 74.9 Å². The van der Waals surface area contributed by atoms with Gasteiger partial charge in [0.05, 0.1) is 27.7 Å². The smallest absolute Gasteiger partial charge is 0.462 e. The topological polar surface area (TPSA) is 108 Å². The second-order valence-corrected chi connectivity index (χ2v) is 25.6. The fourth-order valence-electron chi connectivity index (χ4n) is 9.95. The van der Waals surface area contributed by atoms with E-state index in [1.807, 2.05) is 21.1 Å². The zero-order valence-electron chi connectivity index (χ0n) is 52.9. The first-order chi connectivity index (χ1) is 38.5. The maximum absolute atomic E-state index is 12.8. The molecule has 1 N–H and O–H groups in total. The molecule has 464 valence electrons. The predicted molar refractivity (Wildman–Crippen MR) is 340 cm³/mol. The lowest BCUT2D eigenvalue weighted by Gasteiger charge is -2.24. The zero-order chi connectivity index (χ0) is 57.7. The van der Waals surface area contributed by atoms with Crippen LogP contribution >= 0.6 is 7.82 Å².